The number of rotatable bonds is 5. The summed E-state index contributed by atoms with van der Waals surface area (Å²) in [5, 5.41) is 12.3. The van der Waals surface area contributed by atoms with E-state index >= 15 is 0 Å². The van der Waals surface area contributed by atoms with Crippen LogP contribution in [0.1, 0.15) is 30.0 Å². The van der Waals surface area contributed by atoms with Crippen LogP contribution in [0.4, 0.5) is 13.2 Å². The second-order valence-corrected chi connectivity index (χ2v) is 5.29. The van der Waals surface area contributed by atoms with E-state index < -0.39 is 11.7 Å². The Bertz CT molecular complexity index is 451. The lowest BCUT2D eigenvalue weighted by Crippen LogP contribution is -2.45. The largest absolute Gasteiger partial charge is 0.416 e. The molecule has 7 heteroatoms. The summed E-state index contributed by atoms with van der Waals surface area (Å²) < 4.78 is 38.6. The molecule has 1 aromatic carbocycles. The Morgan fingerprint density at radius 2 is 1.91 bits per heavy atom. The Labute approximate surface area is 134 Å². The third-order valence-corrected chi connectivity index (χ3v) is 3.83. The van der Waals surface area contributed by atoms with Crippen molar-refractivity contribution in [2.75, 3.05) is 32.8 Å². The number of halogens is 4. The number of nitrogens with one attached hydrogen (secondary N) is 1. The van der Waals surface area contributed by atoms with Gasteiger partial charge in [-0.15, -0.1) is 12.4 Å². The number of hydrogen-bond acceptors (Lipinski definition) is 3. The summed E-state index contributed by atoms with van der Waals surface area (Å²) in [7, 11) is 0. The summed E-state index contributed by atoms with van der Waals surface area (Å²) in [5.74, 6) is 0. The molecule has 0 radical (unpaired) electrons. The summed E-state index contributed by atoms with van der Waals surface area (Å²) in [5.41, 5.74) is 0.0734. The topological polar surface area (TPSA) is 35.5 Å². The Morgan fingerprint density at radius 1 is 1.23 bits per heavy atom. The number of aliphatic hydroxyl groups excluding tert-OH is 1. The lowest BCUT2D eigenvalue weighted by molar-refractivity contribution is -0.137. The molecule has 22 heavy (non-hydrogen) atoms. The number of nitrogens with zero attached hydrogens (tertiary/aromatic N) is 1. The van der Waals surface area contributed by atoms with Crippen molar-refractivity contribution in [2.24, 2.45) is 0 Å². The van der Waals surface area contributed by atoms with Crippen LogP contribution in [0.25, 0.3) is 0 Å². The van der Waals surface area contributed by atoms with Gasteiger partial charge in [-0.05, 0) is 30.5 Å². The molecule has 0 amide bonds. The summed E-state index contributed by atoms with van der Waals surface area (Å²) in [6.07, 6.45) is -3.07. The summed E-state index contributed by atoms with van der Waals surface area (Å²) >= 11 is 0. The average molecular weight is 339 g/mol. The van der Waals surface area contributed by atoms with Crippen molar-refractivity contribution in [2.45, 2.75) is 25.1 Å². The molecular weight excluding hydrogens is 317 g/mol. The molecule has 1 heterocycles. The first-order valence-electron chi connectivity index (χ1n) is 7.25. The van der Waals surface area contributed by atoms with Crippen molar-refractivity contribution in [1.29, 1.82) is 0 Å². The SMILES string of the molecule is Cl.OCCC[C@@H](c1cccc(C(F)(F)F)c1)N1CCNCC1. The fraction of sp³-hybridized carbons (Fsp3) is 0.600. The number of alkyl halides is 3. The van der Waals surface area contributed by atoms with E-state index in [4.69, 9.17) is 5.11 Å². The maximum absolute atomic E-state index is 12.9. The van der Waals surface area contributed by atoms with E-state index in [1.807, 2.05) is 0 Å². The van der Waals surface area contributed by atoms with Crippen LogP contribution in [0.5, 0.6) is 0 Å². The van der Waals surface area contributed by atoms with Gasteiger partial charge in [0.1, 0.15) is 0 Å². The smallest absolute Gasteiger partial charge is 0.396 e. The van der Waals surface area contributed by atoms with Crippen molar-refractivity contribution < 1.29 is 18.3 Å². The van der Waals surface area contributed by atoms with Crippen LogP contribution in [0.3, 0.4) is 0 Å². The predicted octanol–water partition coefficient (Wildman–Crippen LogP) is 2.85. The van der Waals surface area contributed by atoms with E-state index in [1.54, 1.807) is 6.07 Å². The Kier molecular flexibility index (Phi) is 7.62. The fourth-order valence-corrected chi connectivity index (χ4v) is 2.76. The van der Waals surface area contributed by atoms with Gasteiger partial charge in [0, 0.05) is 38.8 Å². The van der Waals surface area contributed by atoms with Crippen LogP contribution in [0.15, 0.2) is 24.3 Å². The predicted molar refractivity (Wildman–Crippen MR) is 82.2 cm³/mol. The highest BCUT2D eigenvalue weighted by Gasteiger charge is 2.31. The average Bonchev–Trinajstić information content (AvgIpc) is 2.48. The van der Waals surface area contributed by atoms with Gasteiger partial charge >= 0.3 is 6.18 Å². The maximum Gasteiger partial charge on any atom is 0.416 e. The van der Waals surface area contributed by atoms with Crippen LogP contribution < -0.4 is 5.32 Å². The van der Waals surface area contributed by atoms with Gasteiger partial charge in [-0.3, -0.25) is 4.90 Å². The zero-order valence-electron chi connectivity index (χ0n) is 12.3. The summed E-state index contributed by atoms with van der Waals surface area (Å²) in [6, 6.07) is 5.49. The monoisotopic (exact) mass is 338 g/mol. The molecule has 1 aliphatic rings. The molecule has 2 rings (SSSR count). The zero-order chi connectivity index (χ0) is 15.3. The first-order valence-corrected chi connectivity index (χ1v) is 7.25. The standard InChI is InChI=1S/C15H21F3N2O.ClH/c16-15(17,18)13-4-1-3-12(11-13)14(5-2-10-21)20-8-6-19-7-9-20;/h1,3-4,11,14,19,21H,2,5-10H2;1H/t14-;/m0./s1. The van der Waals surface area contributed by atoms with Crippen LogP contribution in [-0.4, -0.2) is 42.8 Å². The molecular formula is C15H22ClF3N2O. The third kappa shape index (κ3) is 5.12. The van der Waals surface area contributed by atoms with E-state index in [1.165, 1.54) is 12.1 Å². The van der Waals surface area contributed by atoms with Gasteiger partial charge in [0.2, 0.25) is 0 Å². The van der Waals surface area contributed by atoms with E-state index in [0.717, 1.165) is 32.2 Å². The molecule has 1 aromatic rings. The zero-order valence-corrected chi connectivity index (χ0v) is 13.1. The van der Waals surface area contributed by atoms with Crippen molar-refractivity contribution in [3.63, 3.8) is 0 Å². The number of hydrogen-bond donors (Lipinski definition) is 2. The van der Waals surface area contributed by atoms with Crippen molar-refractivity contribution in [3.8, 4) is 0 Å². The van der Waals surface area contributed by atoms with E-state index in [9.17, 15) is 13.2 Å². The number of benzene rings is 1. The van der Waals surface area contributed by atoms with Gasteiger partial charge in [0.25, 0.3) is 0 Å². The Morgan fingerprint density at radius 3 is 2.50 bits per heavy atom. The second-order valence-electron chi connectivity index (χ2n) is 5.29. The van der Waals surface area contributed by atoms with Crippen LogP contribution in [-0.2, 0) is 6.18 Å². The molecule has 3 nitrogen and oxygen atoms in total. The minimum atomic E-state index is -4.32. The highest BCUT2D eigenvalue weighted by Crippen LogP contribution is 2.33. The van der Waals surface area contributed by atoms with Crippen LogP contribution in [0, 0.1) is 0 Å². The van der Waals surface area contributed by atoms with Crippen LogP contribution in [0.2, 0.25) is 0 Å². The molecule has 1 aliphatic heterocycles. The Balaban J connectivity index is 0.00000242. The van der Waals surface area contributed by atoms with Crippen molar-refractivity contribution >= 4 is 12.4 Å². The first-order chi connectivity index (χ1) is 10.0. The molecule has 126 valence electrons. The number of piperazine rings is 1. The van der Waals surface area contributed by atoms with Gasteiger partial charge in [-0.1, -0.05) is 12.1 Å². The molecule has 0 aromatic heterocycles. The highest BCUT2D eigenvalue weighted by molar-refractivity contribution is 5.85. The molecule has 2 N–H and O–H groups in total. The van der Waals surface area contributed by atoms with Crippen molar-refractivity contribution in [3.05, 3.63) is 35.4 Å². The quantitative estimate of drug-likeness (QED) is 0.866. The summed E-state index contributed by atoms with van der Waals surface area (Å²) in [4.78, 5) is 2.20. The number of aliphatic hydroxyl groups is 1. The van der Waals surface area contributed by atoms with Crippen LogP contribution >= 0.6 is 12.4 Å². The molecule has 0 bridgehead atoms. The minimum Gasteiger partial charge on any atom is -0.396 e. The molecule has 1 atom stereocenters. The van der Waals surface area contributed by atoms with E-state index in [2.05, 4.69) is 10.2 Å². The van der Waals surface area contributed by atoms with Gasteiger partial charge in [0.05, 0.1) is 5.56 Å². The van der Waals surface area contributed by atoms with E-state index in [0.29, 0.717) is 18.4 Å². The lowest BCUT2D eigenvalue weighted by atomic mass is 9.97. The normalized spacial score (nSPS) is 17.8. The minimum absolute atomic E-state index is 0. The lowest BCUT2D eigenvalue weighted by Gasteiger charge is -2.35. The van der Waals surface area contributed by atoms with Crippen molar-refractivity contribution in [1.82, 2.24) is 10.2 Å². The Hall–Kier alpha value is -0.820. The molecule has 1 saturated heterocycles. The summed E-state index contributed by atoms with van der Waals surface area (Å²) in [6.45, 7) is 3.36. The first kappa shape index (κ1) is 19.2. The maximum atomic E-state index is 12.9. The molecule has 0 saturated carbocycles. The molecule has 1 fully saturated rings. The second kappa shape index (κ2) is 8.72. The van der Waals surface area contributed by atoms with Gasteiger partial charge in [-0.2, -0.15) is 13.2 Å². The van der Waals surface area contributed by atoms with Gasteiger partial charge in [0.15, 0.2) is 0 Å². The van der Waals surface area contributed by atoms with Gasteiger partial charge < -0.3 is 10.4 Å². The molecule has 0 spiro atoms. The highest BCUT2D eigenvalue weighted by atomic mass is 35.5. The molecule has 0 aliphatic carbocycles. The molecule has 0 unspecified atom stereocenters. The van der Waals surface area contributed by atoms with E-state index in [-0.39, 0.29) is 25.1 Å². The fourth-order valence-electron chi connectivity index (χ4n) is 2.76. The third-order valence-electron chi connectivity index (χ3n) is 3.83. The van der Waals surface area contributed by atoms with Gasteiger partial charge in [-0.25, -0.2) is 0 Å².